The number of ketones is 1. The van der Waals surface area contributed by atoms with Crippen LogP contribution in [0, 0.1) is 31.6 Å². The van der Waals surface area contributed by atoms with E-state index in [-0.39, 0.29) is 36.6 Å². The van der Waals surface area contributed by atoms with Gasteiger partial charge in [0.1, 0.15) is 12.5 Å². The highest BCUT2D eigenvalue weighted by atomic mass is 16.5. The number of ether oxygens (including phenoxy) is 2. The largest absolute Gasteiger partial charge is 0.468 e. The lowest BCUT2D eigenvalue weighted by molar-refractivity contribution is -0.143. The van der Waals surface area contributed by atoms with Crippen LogP contribution in [0.3, 0.4) is 0 Å². The molecule has 10 heteroatoms. The maximum absolute atomic E-state index is 14.3. The number of allylic oxidation sites excluding steroid dienone is 3. The lowest BCUT2D eigenvalue weighted by Crippen LogP contribution is -2.25. The minimum Gasteiger partial charge on any atom is -0.468 e. The van der Waals surface area contributed by atoms with Gasteiger partial charge in [-0.25, -0.2) is 0 Å². The monoisotopic (exact) mass is 718 g/mol. The third-order valence-electron chi connectivity index (χ3n) is 11.2. The Labute approximate surface area is 310 Å². The Bertz CT molecular complexity index is 2240. The molecule has 3 aliphatic rings. The summed E-state index contributed by atoms with van der Waals surface area (Å²) in [6, 6.07) is 0. The molecule has 3 aromatic rings. The molecule has 0 aromatic carbocycles. The van der Waals surface area contributed by atoms with Crippen LogP contribution in [0.2, 0.25) is 0 Å². The summed E-state index contributed by atoms with van der Waals surface area (Å²) in [6.07, 6.45) is 14.9. The number of hydrogen-bond acceptors (Lipinski definition) is 7. The van der Waals surface area contributed by atoms with Crippen LogP contribution in [0.1, 0.15) is 126 Å². The first-order valence-corrected chi connectivity index (χ1v) is 18.6. The van der Waals surface area contributed by atoms with E-state index in [0.29, 0.717) is 57.5 Å². The van der Waals surface area contributed by atoms with Gasteiger partial charge in [-0.3, -0.25) is 19.2 Å². The molecule has 4 N–H and O–H groups in total. The second kappa shape index (κ2) is 15.3. The van der Waals surface area contributed by atoms with Crippen LogP contribution < -0.4 is 16.0 Å². The molecule has 0 radical (unpaired) electrons. The number of methoxy groups -OCH3 is 1. The van der Waals surface area contributed by atoms with Crippen LogP contribution in [-0.2, 0) is 25.5 Å². The minimum atomic E-state index is -1.18. The first-order chi connectivity index (χ1) is 25.5. The predicted octanol–water partition coefficient (Wildman–Crippen LogP) is 6.33. The molecule has 278 valence electrons. The van der Waals surface area contributed by atoms with Crippen LogP contribution >= 0.6 is 0 Å². The van der Waals surface area contributed by atoms with E-state index < -0.39 is 11.9 Å². The number of aldehydes is 1. The standard InChI is InChI=1S/C43H50N4O6/c1-9-12-13-22(4)16-17-53-36(49)15-14-28-24(6)31-18-30-23(5)26(10-2)33(44-30)20-35-29(21-48)27(11-3)34(45-35)19-32-25(7)37-41(47-32)38(40(28)46-31)39(42(37)50)43(51)52-8/h10,16,18-21,24,28,39,44-47H,2,9,11-15,17H2,1,3-8H3/b22-16+,31-18-,34-19-,35-20-,40-38-/t24-,28-,39+/m0/s1. The molecular formula is C43H50N4O6. The number of nitrogens with one attached hydrogen (secondary N) is 4. The summed E-state index contributed by atoms with van der Waals surface area (Å²) in [5.74, 6) is -2.86. The maximum Gasteiger partial charge on any atom is 0.321 e. The Morgan fingerprint density at radius 1 is 0.962 bits per heavy atom. The van der Waals surface area contributed by atoms with Crippen LogP contribution in [0.4, 0.5) is 0 Å². The molecule has 0 unspecified atom stereocenters. The molecule has 3 aromatic heterocycles. The van der Waals surface area contributed by atoms with Crippen molar-refractivity contribution in [1.82, 2.24) is 20.3 Å². The Morgan fingerprint density at radius 3 is 2.38 bits per heavy atom. The highest BCUT2D eigenvalue weighted by molar-refractivity contribution is 6.24. The number of rotatable bonds is 12. The van der Waals surface area contributed by atoms with Crippen LogP contribution in [0.25, 0.3) is 29.9 Å². The van der Waals surface area contributed by atoms with E-state index in [4.69, 9.17) is 9.47 Å². The predicted molar refractivity (Wildman–Crippen MR) is 207 cm³/mol. The topological polar surface area (TPSA) is 146 Å². The highest BCUT2D eigenvalue weighted by Gasteiger charge is 2.48. The van der Waals surface area contributed by atoms with E-state index in [0.717, 1.165) is 64.7 Å². The second-order valence-electron chi connectivity index (χ2n) is 14.4. The number of Topliss-reactive ketones (excluding diaryl/α,β-unsaturated/α-hetero) is 1. The number of carbonyl (C=O) groups is 4. The fourth-order valence-electron chi connectivity index (χ4n) is 8.12. The summed E-state index contributed by atoms with van der Waals surface area (Å²) in [4.78, 5) is 63.9. The van der Waals surface area contributed by atoms with E-state index in [1.807, 2.05) is 45.1 Å². The summed E-state index contributed by atoms with van der Waals surface area (Å²) >= 11 is 0. The molecule has 0 amide bonds. The fraction of sp³-hybridized carbons (Fsp3) is 0.395. The first-order valence-electron chi connectivity index (χ1n) is 18.6. The number of aromatic amines is 3. The van der Waals surface area contributed by atoms with Crippen molar-refractivity contribution >= 4 is 53.9 Å². The molecule has 53 heavy (non-hydrogen) atoms. The van der Waals surface area contributed by atoms with Gasteiger partial charge in [0.05, 0.1) is 18.2 Å². The van der Waals surface area contributed by atoms with Crippen molar-refractivity contribution in [1.29, 1.82) is 0 Å². The van der Waals surface area contributed by atoms with Gasteiger partial charge in [-0.05, 0) is 87.4 Å². The van der Waals surface area contributed by atoms with Crippen molar-refractivity contribution in [2.24, 2.45) is 17.8 Å². The van der Waals surface area contributed by atoms with Gasteiger partial charge in [0, 0.05) is 74.3 Å². The summed E-state index contributed by atoms with van der Waals surface area (Å²) < 4.78 is 10.9. The smallest absolute Gasteiger partial charge is 0.321 e. The fourth-order valence-corrected chi connectivity index (χ4v) is 8.12. The molecule has 0 spiro atoms. The number of aromatic nitrogens is 3. The highest BCUT2D eigenvalue weighted by Crippen LogP contribution is 2.48. The molecule has 1 saturated heterocycles. The van der Waals surface area contributed by atoms with Gasteiger partial charge in [-0.15, -0.1) is 0 Å². The van der Waals surface area contributed by atoms with Gasteiger partial charge in [-0.1, -0.05) is 45.4 Å². The van der Waals surface area contributed by atoms with Crippen molar-refractivity contribution in [3.8, 4) is 0 Å². The van der Waals surface area contributed by atoms with E-state index in [9.17, 15) is 19.2 Å². The number of esters is 2. The van der Waals surface area contributed by atoms with E-state index in [1.54, 1.807) is 6.08 Å². The van der Waals surface area contributed by atoms with Crippen molar-refractivity contribution in [2.45, 2.75) is 80.1 Å². The second-order valence-corrected chi connectivity index (χ2v) is 14.4. The summed E-state index contributed by atoms with van der Waals surface area (Å²) in [6.45, 7) is 16.5. The van der Waals surface area contributed by atoms with Crippen LogP contribution in [0.5, 0.6) is 0 Å². The normalized spacial score (nSPS) is 22.6. The SMILES string of the molecule is C=Cc1c2[nH]c(c1C)/C=C1\N/C(=C3\c4[nH]c(c(C)c4C(=O)[C@@H]3C(=O)OC)/C=c3\[nH]/c(c(C=O)c3CC)=C\2)[C@@H](CCC(=O)OC/C=C(\C)CCCC)[C@@H]1C. The third kappa shape index (κ3) is 6.71. The van der Waals surface area contributed by atoms with Crippen LogP contribution in [-0.4, -0.2) is 52.7 Å². The molecule has 0 saturated carbocycles. The Balaban J connectivity index is 1.55. The number of H-pyrrole nitrogens is 3. The average Bonchev–Trinajstić information content (AvgIpc) is 3.89. The minimum absolute atomic E-state index is 0.127. The van der Waals surface area contributed by atoms with Gasteiger partial charge in [0.2, 0.25) is 0 Å². The molecule has 8 bridgehead atoms. The van der Waals surface area contributed by atoms with Crippen molar-refractivity contribution in [3.63, 3.8) is 0 Å². The summed E-state index contributed by atoms with van der Waals surface area (Å²) in [7, 11) is 1.29. The van der Waals surface area contributed by atoms with E-state index >= 15 is 0 Å². The average molecular weight is 719 g/mol. The van der Waals surface area contributed by atoms with E-state index in [2.05, 4.69) is 47.6 Å². The third-order valence-corrected chi connectivity index (χ3v) is 11.2. The van der Waals surface area contributed by atoms with E-state index in [1.165, 1.54) is 12.7 Å². The molecule has 6 rings (SSSR count). The molecular weight excluding hydrogens is 668 g/mol. The Morgan fingerprint density at radius 2 is 1.70 bits per heavy atom. The number of carbonyl (C=O) groups excluding carboxylic acids is 4. The molecule has 10 nitrogen and oxygen atoms in total. The lowest BCUT2D eigenvalue weighted by atomic mass is 9.85. The zero-order valence-corrected chi connectivity index (χ0v) is 31.8. The molecule has 2 aliphatic heterocycles. The Kier molecular flexibility index (Phi) is 10.8. The van der Waals surface area contributed by atoms with Crippen LogP contribution in [0.15, 0.2) is 29.6 Å². The zero-order chi connectivity index (χ0) is 38.1. The number of unbranched alkanes of at least 4 members (excludes halogenated alkanes) is 1. The van der Waals surface area contributed by atoms with Crippen molar-refractivity contribution < 1.29 is 28.7 Å². The summed E-state index contributed by atoms with van der Waals surface area (Å²) in [5.41, 5.74) is 10.6. The van der Waals surface area contributed by atoms with Crippen molar-refractivity contribution in [2.75, 3.05) is 13.7 Å². The first kappa shape index (κ1) is 37.4. The Hall–Kier alpha value is -5.38. The molecule has 1 aliphatic carbocycles. The number of hydrogen-bond donors (Lipinski definition) is 4. The van der Waals surface area contributed by atoms with Gasteiger partial charge in [-0.2, -0.15) is 0 Å². The molecule has 1 fully saturated rings. The van der Waals surface area contributed by atoms with Gasteiger partial charge in [0.15, 0.2) is 12.1 Å². The van der Waals surface area contributed by atoms with Crippen molar-refractivity contribution in [3.05, 3.63) is 96.5 Å². The molecule has 5 heterocycles. The zero-order valence-electron chi connectivity index (χ0n) is 31.8. The van der Waals surface area contributed by atoms with Gasteiger partial charge >= 0.3 is 11.9 Å². The van der Waals surface area contributed by atoms with Gasteiger partial charge in [0.25, 0.3) is 0 Å². The maximum atomic E-state index is 14.3. The number of fused-ring (bicyclic) bond motifs is 7. The summed E-state index contributed by atoms with van der Waals surface area (Å²) in [5, 5.41) is 5.04. The molecule has 3 atom stereocenters. The van der Waals surface area contributed by atoms with Gasteiger partial charge < -0.3 is 29.7 Å². The lowest BCUT2D eigenvalue weighted by Gasteiger charge is -2.19. The quantitative estimate of drug-likeness (QED) is 0.0741.